The summed E-state index contributed by atoms with van der Waals surface area (Å²) in [6.07, 6.45) is 11.5. The standard InChI is InChI=1S/C17H32N2/c1-3-4-11(2)5-16(19-18)17-14-7-12-6-13(9-14)10-15(17)8-12/h11-17,19H,3-10,18H2,1-2H3. The molecule has 3 N–H and O–H groups in total. The van der Waals surface area contributed by atoms with Crippen molar-refractivity contribution in [2.45, 2.75) is 71.3 Å². The van der Waals surface area contributed by atoms with E-state index in [1.807, 2.05) is 0 Å². The van der Waals surface area contributed by atoms with Gasteiger partial charge in [-0.2, -0.15) is 0 Å². The van der Waals surface area contributed by atoms with Gasteiger partial charge < -0.3 is 0 Å². The Kier molecular flexibility index (Phi) is 4.19. The van der Waals surface area contributed by atoms with Crippen LogP contribution in [0.25, 0.3) is 0 Å². The molecule has 4 bridgehead atoms. The quantitative estimate of drug-likeness (QED) is 0.567. The third-order valence-electron chi connectivity index (χ3n) is 6.42. The van der Waals surface area contributed by atoms with E-state index in [1.54, 1.807) is 6.42 Å². The molecule has 0 aromatic carbocycles. The minimum Gasteiger partial charge on any atom is -0.271 e. The minimum absolute atomic E-state index is 0.580. The molecule has 4 aliphatic rings. The van der Waals surface area contributed by atoms with Gasteiger partial charge in [0.05, 0.1) is 0 Å². The van der Waals surface area contributed by atoms with Crippen LogP contribution in [0.15, 0.2) is 0 Å². The second-order valence-electron chi connectivity index (χ2n) is 7.91. The maximum absolute atomic E-state index is 5.95. The van der Waals surface area contributed by atoms with Gasteiger partial charge in [-0.05, 0) is 74.0 Å². The molecule has 0 aliphatic heterocycles. The van der Waals surface area contributed by atoms with Crippen LogP contribution in [-0.2, 0) is 0 Å². The molecule has 4 fully saturated rings. The third kappa shape index (κ3) is 2.71. The molecule has 0 amide bonds. The Morgan fingerprint density at radius 3 is 2.11 bits per heavy atom. The molecular formula is C17H32N2. The summed E-state index contributed by atoms with van der Waals surface area (Å²) in [6.45, 7) is 4.70. The summed E-state index contributed by atoms with van der Waals surface area (Å²) < 4.78 is 0. The second kappa shape index (κ2) is 5.73. The van der Waals surface area contributed by atoms with Gasteiger partial charge in [-0.25, -0.2) is 0 Å². The average Bonchev–Trinajstić information content (AvgIpc) is 2.36. The van der Waals surface area contributed by atoms with Crippen molar-refractivity contribution < 1.29 is 0 Å². The van der Waals surface area contributed by atoms with Gasteiger partial charge in [-0.15, -0.1) is 0 Å². The van der Waals surface area contributed by atoms with E-state index in [0.29, 0.717) is 6.04 Å². The molecule has 110 valence electrons. The summed E-state index contributed by atoms with van der Waals surface area (Å²) in [5, 5.41) is 0. The first-order valence-electron chi connectivity index (χ1n) is 8.67. The fourth-order valence-corrected chi connectivity index (χ4v) is 6.00. The van der Waals surface area contributed by atoms with Gasteiger partial charge >= 0.3 is 0 Å². The number of hydrogen-bond donors (Lipinski definition) is 2. The zero-order chi connectivity index (χ0) is 13.4. The molecule has 2 heteroatoms. The fourth-order valence-electron chi connectivity index (χ4n) is 6.00. The number of hydrogen-bond acceptors (Lipinski definition) is 2. The van der Waals surface area contributed by atoms with E-state index in [0.717, 1.165) is 35.5 Å². The summed E-state index contributed by atoms with van der Waals surface area (Å²) in [6, 6.07) is 0.580. The Morgan fingerprint density at radius 2 is 1.63 bits per heavy atom. The first-order chi connectivity index (χ1) is 9.21. The van der Waals surface area contributed by atoms with Crippen molar-refractivity contribution in [1.82, 2.24) is 5.43 Å². The van der Waals surface area contributed by atoms with Crippen LogP contribution in [0, 0.1) is 35.5 Å². The molecule has 0 aromatic rings. The highest BCUT2D eigenvalue weighted by Crippen LogP contribution is 2.57. The van der Waals surface area contributed by atoms with E-state index in [-0.39, 0.29) is 0 Å². The van der Waals surface area contributed by atoms with Gasteiger partial charge in [0, 0.05) is 6.04 Å². The van der Waals surface area contributed by atoms with Gasteiger partial charge in [-0.3, -0.25) is 11.3 Å². The normalized spacial score (nSPS) is 43.4. The van der Waals surface area contributed by atoms with Crippen molar-refractivity contribution in [2.24, 2.45) is 41.4 Å². The van der Waals surface area contributed by atoms with Crippen molar-refractivity contribution in [2.75, 3.05) is 0 Å². The smallest absolute Gasteiger partial charge is 0.0246 e. The van der Waals surface area contributed by atoms with Crippen LogP contribution in [0.3, 0.4) is 0 Å². The van der Waals surface area contributed by atoms with Crippen LogP contribution in [0.1, 0.15) is 65.2 Å². The maximum Gasteiger partial charge on any atom is 0.0246 e. The lowest BCUT2D eigenvalue weighted by Crippen LogP contribution is -2.54. The molecule has 0 saturated heterocycles. The van der Waals surface area contributed by atoms with Crippen molar-refractivity contribution >= 4 is 0 Å². The van der Waals surface area contributed by atoms with Crippen molar-refractivity contribution in [3.05, 3.63) is 0 Å². The topological polar surface area (TPSA) is 38.0 Å². The Hall–Kier alpha value is -0.0800. The average molecular weight is 264 g/mol. The van der Waals surface area contributed by atoms with Gasteiger partial charge in [0.1, 0.15) is 0 Å². The predicted octanol–water partition coefficient (Wildman–Crippen LogP) is 3.72. The Balaban J connectivity index is 1.66. The molecule has 0 aromatic heterocycles. The molecule has 0 radical (unpaired) electrons. The van der Waals surface area contributed by atoms with Crippen LogP contribution < -0.4 is 11.3 Å². The SMILES string of the molecule is CCCC(C)CC(NN)C1C2CC3CC(C2)CC1C3. The molecule has 2 atom stereocenters. The highest BCUT2D eigenvalue weighted by molar-refractivity contribution is 5.01. The van der Waals surface area contributed by atoms with Crippen LogP contribution in [0.4, 0.5) is 0 Å². The highest BCUT2D eigenvalue weighted by atomic mass is 15.2. The first kappa shape index (κ1) is 13.9. The zero-order valence-corrected chi connectivity index (χ0v) is 12.8. The van der Waals surface area contributed by atoms with Crippen molar-refractivity contribution in [3.63, 3.8) is 0 Å². The molecule has 0 heterocycles. The van der Waals surface area contributed by atoms with Gasteiger partial charge in [0.15, 0.2) is 0 Å². The van der Waals surface area contributed by atoms with Gasteiger partial charge in [0.25, 0.3) is 0 Å². The molecule has 4 rings (SSSR count). The Morgan fingerprint density at radius 1 is 1.05 bits per heavy atom. The van der Waals surface area contributed by atoms with E-state index in [9.17, 15) is 0 Å². The number of nitrogens with two attached hydrogens (primary N) is 1. The Labute approximate surface area is 118 Å². The van der Waals surface area contributed by atoms with Crippen LogP contribution in [0.5, 0.6) is 0 Å². The second-order valence-corrected chi connectivity index (χ2v) is 7.91. The van der Waals surface area contributed by atoms with E-state index in [1.165, 1.54) is 44.9 Å². The lowest BCUT2D eigenvalue weighted by atomic mass is 9.50. The molecule has 0 spiro atoms. The lowest BCUT2D eigenvalue weighted by molar-refractivity contribution is -0.0548. The molecule has 2 nitrogen and oxygen atoms in total. The summed E-state index contributed by atoms with van der Waals surface area (Å²) in [5.74, 6) is 11.8. The van der Waals surface area contributed by atoms with Gasteiger partial charge in [0.2, 0.25) is 0 Å². The highest BCUT2D eigenvalue weighted by Gasteiger charge is 2.50. The predicted molar refractivity (Wildman–Crippen MR) is 80.3 cm³/mol. The summed E-state index contributed by atoms with van der Waals surface area (Å²) in [4.78, 5) is 0. The molecule has 2 unspecified atom stereocenters. The maximum atomic E-state index is 5.95. The summed E-state index contributed by atoms with van der Waals surface area (Å²) in [7, 11) is 0. The van der Waals surface area contributed by atoms with Crippen molar-refractivity contribution in [3.8, 4) is 0 Å². The van der Waals surface area contributed by atoms with Crippen LogP contribution >= 0.6 is 0 Å². The van der Waals surface area contributed by atoms with E-state index >= 15 is 0 Å². The largest absolute Gasteiger partial charge is 0.271 e. The Bertz CT molecular complexity index is 274. The lowest BCUT2D eigenvalue weighted by Gasteiger charge is -2.56. The molecule has 4 aliphatic carbocycles. The molecular weight excluding hydrogens is 232 g/mol. The van der Waals surface area contributed by atoms with Crippen LogP contribution in [0.2, 0.25) is 0 Å². The van der Waals surface area contributed by atoms with E-state index < -0.39 is 0 Å². The number of hydrazine groups is 1. The fraction of sp³-hybridized carbons (Fsp3) is 1.00. The summed E-state index contributed by atoms with van der Waals surface area (Å²) >= 11 is 0. The first-order valence-corrected chi connectivity index (χ1v) is 8.67. The molecule has 19 heavy (non-hydrogen) atoms. The molecule has 4 saturated carbocycles. The van der Waals surface area contributed by atoms with Crippen LogP contribution in [-0.4, -0.2) is 6.04 Å². The number of nitrogens with one attached hydrogen (secondary N) is 1. The van der Waals surface area contributed by atoms with E-state index in [2.05, 4.69) is 19.3 Å². The number of rotatable bonds is 6. The van der Waals surface area contributed by atoms with Crippen molar-refractivity contribution in [1.29, 1.82) is 0 Å². The minimum atomic E-state index is 0.580. The van der Waals surface area contributed by atoms with Gasteiger partial charge in [-0.1, -0.05) is 26.7 Å². The zero-order valence-electron chi connectivity index (χ0n) is 12.8. The monoisotopic (exact) mass is 264 g/mol. The van der Waals surface area contributed by atoms with E-state index in [4.69, 9.17) is 5.84 Å². The summed E-state index contributed by atoms with van der Waals surface area (Å²) in [5.41, 5.74) is 3.22. The third-order valence-corrected chi connectivity index (χ3v) is 6.42.